The van der Waals surface area contributed by atoms with Gasteiger partial charge in [0.25, 0.3) is 0 Å². The van der Waals surface area contributed by atoms with E-state index in [1.54, 1.807) is 24.7 Å². The number of carbonyl (C=O) groups is 1. The zero-order valence-corrected chi connectivity index (χ0v) is 18.7. The second-order valence-electron chi connectivity index (χ2n) is 8.06. The molecule has 0 aliphatic heterocycles. The van der Waals surface area contributed by atoms with Gasteiger partial charge in [0.1, 0.15) is 17.0 Å². The SMILES string of the molecule is COc1c(C)c(C(=O)O)cn2nc(-c3cc4ccc(Br)cc4n3CC3CC3)c(C)c12. The number of aromatic nitrogens is 3. The van der Waals surface area contributed by atoms with Crippen molar-refractivity contribution in [1.82, 2.24) is 14.2 Å². The molecule has 5 rings (SSSR count). The van der Waals surface area contributed by atoms with E-state index in [1.165, 1.54) is 23.7 Å². The maximum atomic E-state index is 11.7. The predicted molar refractivity (Wildman–Crippen MR) is 120 cm³/mol. The summed E-state index contributed by atoms with van der Waals surface area (Å²) in [6.07, 6.45) is 4.09. The molecule has 4 aromatic rings. The molecular weight excluding hydrogens is 446 g/mol. The van der Waals surface area contributed by atoms with Gasteiger partial charge in [-0.3, -0.25) is 0 Å². The zero-order valence-electron chi connectivity index (χ0n) is 17.1. The van der Waals surface area contributed by atoms with Gasteiger partial charge < -0.3 is 14.4 Å². The maximum Gasteiger partial charge on any atom is 0.337 e. The van der Waals surface area contributed by atoms with Gasteiger partial charge in [-0.25, -0.2) is 9.31 Å². The van der Waals surface area contributed by atoms with Crippen molar-refractivity contribution < 1.29 is 14.6 Å². The zero-order chi connectivity index (χ0) is 21.2. The molecule has 1 aliphatic rings. The molecule has 0 unspecified atom stereocenters. The Balaban J connectivity index is 1.80. The van der Waals surface area contributed by atoms with E-state index in [2.05, 4.69) is 44.8 Å². The van der Waals surface area contributed by atoms with Gasteiger partial charge in [-0.05, 0) is 50.8 Å². The lowest BCUT2D eigenvalue weighted by molar-refractivity contribution is 0.0695. The van der Waals surface area contributed by atoms with Crippen molar-refractivity contribution in [1.29, 1.82) is 0 Å². The van der Waals surface area contributed by atoms with Crippen molar-refractivity contribution in [2.75, 3.05) is 7.11 Å². The summed E-state index contributed by atoms with van der Waals surface area (Å²) in [6.45, 7) is 4.75. The number of carboxylic acid groups (broad SMARTS) is 1. The molecule has 7 heteroatoms. The molecule has 0 saturated heterocycles. The van der Waals surface area contributed by atoms with E-state index >= 15 is 0 Å². The first-order valence-corrected chi connectivity index (χ1v) is 10.8. The van der Waals surface area contributed by atoms with Crippen LogP contribution in [0.25, 0.3) is 27.8 Å². The summed E-state index contributed by atoms with van der Waals surface area (Å²) in [6, 6.07) is 8.50. The lowest BCUT2D eigenvalue weighted by atomic mass is 10.1. The van der Waals surface area contributed by atoms with Gasteiger partial charge in [-0.1, -0.05) is 22.0 Å². The Bertz CT molecular complexity index is 1330. The number of pyridine rings is 1. The van der Waals surface area contributed by atoms with Crippen LogP contribution in [0.1, 0.15) is 34.3 Å². The fourth-order valence-electron chi connectivity index (χ4n) is 4.29. The smallest absolute Gasteiger partial charge is 0.337 e. The number of carboxylic acids is 1. The minimum absolute atomic E-state index is 0.191. The Morgan fingerprint density at radius 3 is 2.70 bits per heavy atom. The Morgan fingerprint density at radius 1 is 1.27 bits per heavy atom. The molecule has 3 heterocycles. The van der Waals surface area contributed by atoms with Gasteiger partial charge >= 0.3 is 5.97 Å². The van der Waals surface area contributed by atoms with Crippen molar-refractivity contribution in [2.24, 2.45) is 5.92 Å². The summed E-state index contributed by atoms with van der Waals surface area (Å²) in [7, 11) is 1.57. The number of halogens is 1. The van der Waals surface area contributed by atoms with Crippen LogP contribution in [0.5, 0.6) is 5.75 Å². The molecule has 1 aromatic carbocycles. The summed E-state index contributed by atoms with van der Waals surface area (Å²) in [4.78, 5) is 11.7. The van der Waals surface area contributed by atoms with Crippen molar-refractivity contribution in [3.05, 3.63) is 51.6 Å². The minimum Gasteiger partial charge on any atom is -0.494 e. The lowest BCUT2D eigenvalue weighted by Crippen LogP contribution is -2.06. The third kappa shape index (κ3) is 2.91. The molecule has 0 radical (unpaired) electrons. The summed E-state index contributed by atoms with van der Waals surface area (Å²) >= 11 is 3.60. The second-order valence-corrected chi connectivity index (χ2v) is 8.98. The topological polar surface area (TPSA) is 68.8 Å². The first kappa shape index (κ1) is 19.2. The number of benzene rings is 1. The average molecular weight is 468 g/mol. The summed E-state index contributed by atoms with van der Waals surface area (Å²) < 4.78 is 10.7. The molecule has 0 spiro atoms. The van der Waals surface area contributed by atoms with E-state index in [1.807, 2.05) is 6.92 Å². The highest BCUT2D eigenvalue weighted by Gasteiger charge is 2.27. The molecule has 6 nitrogen and oxygen atoms in total. The molecule has 1 aliphatic carbocycles. The van der Waals surface area contributed by atoms with Crippen LogP contribution in [0.3, 0.4) is 0 Å². The van der Waals surface area contributed by atoms with Crippen LogP contribution in [-0.4, -0.2) is 32.4 Å². The van der Waals surface area contributed by atoms with E-state index < -0.39 is 5.97 Å². The first-order chi connectivity index (χ1) is 14.4. The fraction of sp³-hybridized carbons (Fsp3) is 0.304. The van der Waals surface area contributed by atoms with E-state index in [4.69, 9.17) is 9.84 Å². The van der Waals surface area contributed by atoms with Gasteiger partial charge in [0, 0.05) is 39.2 Å². The van der Waals surface area contributed by atoms with E-state index in [-0.39, 0.29) is 5.56 Å². The molecular formula is C23H22BrN3O3. The molecule has 0 atom stereocenters. The number of rotatable bonds is 5. The fourth-order valence-corrected chi connectivity index (χ4v) is 4.64. The Morgan fingerprint density at radius 2 is 2.03 bits per heavy atom. The van der Waals surface area contributed by atoms with E-state index in [0.29, 0.717) is 17.2 Å². The van der Waals surface area contributed by atoms with Gasteiger partial charge in [-0.15, -0.1) is 0 Å². The van der Waals surface area contributed by atoms with E-state index in [9.17, 15) is 9.90 Å². The molecule has 154 valence electrons. The summed E-state index contributed by atoms with van der Waals surface area (Å²) in [5.74, 6) is 0.264. The van der Waals surface area contributed by atoms with Gasteiger partial charge in [0.15, 0.2) is 0 Å². The number of ether oxygens (including phenoxy) is 1. The van der Waals surface area contributed by atoms with Crippen LogP contribution in [0.4, 0.5) is 0 Å². The normalized spacial score (nSPS) is 14.0. The monoisotopic (exact) mass is 467 g/mol. The lowest BCUT2D eigenvalue weighted by Gasteiger charge is -2.10. The number of fused-ring (bicyclic) bond motifs is 2. The third-order valence-electron chi connectivity index (χ3n) is 6.04. The molecule has 0 bridgehead atoms. The van der Waals surface area contributed by atoms with Crippen molar-refractivity contribution >= 4 is 38.3 Å². The largest absolute Gasteiger partial charge is 0.494 e. The van der Waals surface area contributed by atoms with Crippen molar-refractivity contribution in [2.45, 2.75) is 33.2 Å². The van der Waals surface area contributed by atoms with Crippen LogP contribution in [0.2, 0.25) is 0 Å². The molecule has 0 amide bonds. The first-order valence-electron chi connectivity index (χ1n) is 9.98. The number of aryl methyl sites for hydroxylation is 1. The van der Waals surface area contributed by atoms with Crippen LogP contribution in [0, 0.1) is 19.8 Å². The number of nitrogens with zero attached hydrogens (tertiary/aromatic N) is 3. The van der Waals surface area contributed by atoms with Gasteiger partial charge in [0.2, 0.25) is 0 Å². The van der Waals surface area contributed by atoms with Gasteiger partial charge in [-0.2, -0.15) is 5.10 Å². The Kier molecular flexibility index (Phi) is 4.39. The standard InChI is InChI=1S/C23H22BrN3O3/c1-12-17(23(28)29)11-27-21(22(12)30-3)13(2)20(25-27)19-8-15-6-7-16(24)9-18(15)26(19)10-14-4-5-14/h6-9,11,14H,4-5,10H2,1-3H3,(H,28,29). The number of hydrogen-bond donors (Lipinski definition) is 1. The Labute approximate surface area is 182 Å². The van der Waals surface area contributed by atoms with Crippen LogP contribution in [0.15, 0.2) is 34.9 Å². The molecule has 1 N–H and O–H groups in total. The van der Waals surface area contributed by atoms with Gasteiger partial charge in [0.05, 0.1) is 18.4 Å². The molecule has 1 fully saturated rings. The number of methoxy groups -OCH3 is 1. The predicted octanol–water partition coefficient (Wildman–Crippen LogP) is 5.45. The number of aromatic carboxylic acids is 1. The Hall–Kier alpha value is -2.80. The molecule has 30 heavy (non-hydrogen) atoms. The summed E-state index contributed by atoms with van der Waals surface area (Å²) in [5.41, 5.74) is 5.66. The minimum atomic E-state index is -0.991. The van der Waals surface area contributed by atoms with E-state index in [0.717, 1.165) is 33.5 Å². The highest BCUT2D eigenvalue weighted by Crippen LogP contribution is 2.39. The second kappa shape index (κ2) is 6.87. The molecule has 1 saturated carbocycles. The van der Waals surface area contributed by atoms with Crippen molar-refractivity contribution in [3.63, 3.8) is 0 Å². The van der Waals surface area contributed by atoms with Crippen molar-refractivity contribution in [3.8, 4) is 17.1 Å². The average Bonchev–Trinajstić information content (AvgIpc) is 3.39. The third-order valence-corrected chi connectivity index (χ3v) is 6.53. The highest BCUT2D eigenvalue weighted by molar-refractivity contribution is 9.10. The summed E-state index contributed by atoms with van der Waals surface area (Å²) in [5, 5.41) is 15.6. The highest BCUT2D eigenvalue weighted by atomic mass is 79.9. The quantitative estimate of drug-likeness (QED) is 0.423. The van der Waals surface area contributed by atoms with Crippen LogP contribution < -0.4 is 4.74 Å². The van der Waals surface area contributed by atoms with Crippen LogP contribution >= 0.6 is 15.9 Å². The maximum absolute atomic E-state index is 11.7. The number of hydrogen-bond acceptors (Lipinski definition) is 3. The molecule has 3 aromatic heterocycles. The van der Waals surface area contributed by atoms with Crippen LogP contribution in [-0.2, 0) is 6.54 Å².